The molecule has 1 aromatic carbocycles. The van der Waals surface area contributed by atoms with Gasteiger partial charge in [0.1, 0.15) is 0 Å². The summed E-state index contributed by atoms with van der Waals surface area (Å²) in [6.07, 6.45) is 7.06. The molecule has 2 heteroatoms. The van der Waals surface area contributed by atoms with Crippen LogP contribution in [0.3, 0.4) is 0 Å². The summed E-state index contributed by atoms with van der Waals surface area (Å²) in [6, 6.07) is 10.1. The van der Waals surface area contributed by atoms with E-state index >= 15 is 0 Å². The Morgan fingerprint density at radius 3 is 2.65 bits per heavy atom. The number of hydrogen-bond donors (Lipinski definition) is 0. The van der Waals surface area contributed by atoms with Crippen molar-refractivity contribution >= 4 is 6.72 Å². The molecule has 20 heavy (non-hydrogen) atoms. The lowest BCUT2D eigenvalue weighted by Gasteiger charge is -2.09. The van der Waals surface area contributed by atoms with Gasteiger partial charge in [-0.15, -0.1) is 0 Å². The smallest absolute Gasteiger partial charge is 0.0735 e. The zero-order valence-corrected chi connectivity index (χ0v) is 12.4. The summed E-state index contributed by atoms with van der Waals surface area (Å²) < 4.78 is 5.78. The Morgan fingerprint density at radius 1 is 1.35 bits per heavy atom. The number of nitrogens with zero attached hydrogens (tertiary/aromatic N) is 1. The Bertz CT molecular complexity index is 485. The maximum absolute atomic E-state index is 5.78. The molecule has 0 N–H and O–H groups in total. The minimum atomic E-state index is 0.0353. The molecule has 0 amide bonds. The second kappa shape index (κ2) is 9.05. The van der Waals surface area contributed by atoms with E-state index in [4.69, 9.17) is 4.74 Å². The topological polar surface area (TPSA) is 21.6 Å². The first-order valence-corrected chi connectivity index (χ1v) is 6.87. The first-order valence-electron chi connectivity index (χ1n) is 6.87. The summed E-state index contributed by atoms with van der Waals surface area (Å²) in [6.45, 7) is 12.1. The molecular weight excluding hydrogens is 246 g/mol. The molecule has 0 heterocycles. The maximum atomic E-state index is 5.78. The Morgan fingerprint density at radius 2 is 2.05 bits per heavy atom. The van der Waals surface area contributed by atoms with Crippen LogP contribution in [0.1, 0.15) is 25.8 Å². The van der Waals surface area contributed by atoms with Crippen molar-refractivity contribution in [3.05, 3.63) is 72.0 Å². The minimum Gasteiger partial charge on any atom is -0.370 e. The zero-order valence-electron chi connectivity index (χ0n) is 12.4. The van der Waals surface area contributed by atoms with Crippen LogP contribution in [-0.4, -0.2) is 12.8 Å². The Labute approximate surface area is 122 Å². The predicted molar refractivity (Wildman–Crippen MR) is 86.9 cm³/mol. The van der Waals surface area contributed by atoms with Gasteiger partial charge in [0.05, 0.1) is 18.4 Å². The molecule has 0 bridgehead atoms. The van der Waals surface area contributed by atoms with E-state index in [9.17, 15) is 0 Å². The highest BCUT2D eigenvalue weighted by atomic mass is 16.5. The minimum absolute atomic E-state index is 0.0353. The van der Waals surface area contributed by atoms with Crippen molar-refractivity contribution in [3.63, 3.8) is 0 Å². The third kappa shape index (κ3) is 5.81. The summed E-state index contributed by atoms with van der Waals surface area (Å²) >= 11 is 0. The molecule has 1 unspecified atom stereocenters. The van der Waals surface area contributed by atoms with Gasteiger partial charge < -0.3 is 4.74 Å². The van der Waals surface area contributed by atoms with Crippen molar-refractivity contribution in [2.24, 2.45) is 4.99 Å². The van der Waals surface area contributed by atoms with Crippen molar-refractivity contribution in [1.29, 1.82) is 0 Å². The van der Waals surface area contributed by atoms with E-state index in [-0.39, 0.29) is 6.10 Å². The second-order valence-corrected chi connectivity index (χ2v) is 4.53. The van der Waals surface area contributed by atoms with Crippen LogP contribution in [0, 0.1) is 0 Å². The number of benzene rings is 1. The molecule has 2 nitrogen and oxygen atoms in total. The number of ether oxygens (including phenoxy) is 1. The maximum Gasteiger partial charge on any atom is 0.0735 e. The van der Waals surface area contributed by atoms with E-state index in [1.165, 1.54) is 5.56 Å². The highest BCUT2D eigenvalue weighted by Crippen LogP contribution is 2.13. The molecule has 0 saturated carbocycles. The van der Waals surface area contributed by atoms with Crippen LogP contribution < -0.4 is 0 Å². The highest BCUT2D eigenvalue weighted by Gasteiger charge is 2.00. The molecule has 106 valence electrons. The van der Waals surface area contributed by atoms with E-state index < -0.39 is 0 Å². The van der Waals surface area contributed by atoms with Crippen molar-refractivity contribution in [2.75, 3.05) is 0 Å². The average Bonchev–Trinajstić information content (AvgIpc) is 2.49. The highest BCUT2D eigenvalue weighted by molar-refractivity contribution is 5.42. The van der Waals surface area contributed by atoms with Crippen LogP contribution in [0.25, 0.3) is 0 Å². The van der Waals surface area contributed by atoms with Gasteiger partial charge >= 0.3 is 0 Å². The van der Waals surface area contributed by atoms with Gasteiger partial charge in [-0.2, -0.15) is 0 Å². The second-order valence-electron chi connectivity index (χ2n) is 4.53. The van der Waals surface area contributed by atoms with Gasteiger partial charge in [0, 0.05) is 0 Å². The van der Waals surface area contributed by atoms with E-state index in [0.29, 0.717) is 12.3 Å². The van der Waals surface area contributed by atoms with E-state index in [1.807, 2.05) is 37.3 Å². The van der Waals surface area contributed by atoms with Crippen molar-refractivity contribution < 1.29 is 4.74 Å². The molecule has 0 aliphatic rings. The summed E-state index contributed by atoms with van der Waals surface area (Å²) in [4.78, 5) is 3.87. The van der Waals surface area contributed by atoms with Crippen LogP contribution in [-0.2, 0) is 11.3 Å². The molecule has 1 aromatic rings. The zero-order chi connectivity index (χ0) is 14.8. The van der Waals surface area contributed by atoms with Crippen molar-refractivity contribution in [2.45, 2.75) is 33.0 Å². The summed E-state index contributed by atoms with van der Waals surface area (Å²) in [5.41, 5.74) is 2.87. The van der Waals surface area contributed by atoms with E-state index in [1.54, 1.807) is 0 Å². The third-order valence-electron chi connectivity index (χ3n) is 2.85. The molecule has 0 fully saturated rings. The van der Waals surface area contributed by atoms with Crippen LogP contribution in [0.5, 0.6) is 0 Å². The summed E-state index contributed by atoms with van der Waals surface area (Å²) in [5.74, 6) is 0. The molecule has 0 radical (unpaired) electrons. The van der Waals surface area contributed by atoms with E-state index in [0.717, 1.165) is 12.0 Å². The SMILES string of the molecule is C=NC(=C)C(/C=C\C(C)OCc1ccccc1)=C/CC. The average molecular weight is 269 g/mol. The Hall–Kier alpha value is -1.93. The van der Waals surface area contributed by atoms with Crippen LogP contribution in [0.15, 0.2) is 71.4 Å². The van der Waals surface area contributed by atoms with Gasteiger partial charge in [0.2, 0.25) is 0 Å². The standard InChI is InChI=1S/C18H23NO/c1-5-9-18(16(3)19-4)13-12-15(2)20-14-17-10-7-6-8-11-17/h6-13,15H,3-5,14H2,1-2H3/b13-12-,18-9+. The normalized spacial score (nSPS) is 13.4. The summed E-state index contributed by atoms with van der Waals surface area (Å²) in [7, 11) is 0. The lowest BCUT2D eigenvalue weighted by molar-refractivity contribution is 0.0840. The lowest BCUT2D eigenvalue weighted by atomic mass is 10.1. The van der Waals surface area contributed by atoms with Crippen molar-refractivity contribution in [3.8, 4) is 0 Å². The quantitative estimate of drug-likeness (QED) is 0.495. The molecule has 1 rings (SSSR count). The lowest BCUT2D eigenvalue weighted by Crippen LogP contribution is -2.04. The summed E-state index contributed by atoms with van der Waals surface area (Å²) in [5, 5.41) is 0. The number of allylic oxidation sites excluding steroid dienone is 2. The number of rotatable bonds is 8. The van der Waals surface area contributed by atoms with E-state index in [2.05, 4.69) is 43.4 Å². The monoisotopic (exact) mass is 269 g/mol. The van der Waals surface area contributed by atoms with Crippen LogP contribution >= 0.6 is 0 Å². The molecule has 1 atom stereocenters. The number of hydrogen-bond acceptors (Lipinski definition) is 2. The first kappa shape index (κ1) is 16.1. The molecule has 0 aromatic heterocycles. The fourth-order valence-corrected chi connectivity index (χ4v) is 1.69. The fraction of sp³-hybridized carbons (Fsp3) is 0.278. The Balaban J connectivity index is 2.53. The third-order valence-corrected chi connectivity index (χ3v) is 2.85. The van der Waals surface area contributed by atoms with Crippen LogP contribution in [0.4, 0.5) is 0 Å². The van der Waals surface area contributed by atoms with Crippen molar-refractivity contribution in [1.82, 2.24) is 0 Å². The predicted octanol–water partition coefficient (Wildman–Crippen LogP) is 4.70. The molecule has 0 saturated heterocycles. The molecular formula is C18H23NO. The van der Waals surface area contributed by atoms with Gasteiger partial charge in [0.15, 0.2) is 0 Å². The largest absolute Gasteiger partial charge is 0.370 e. The number of aliphatic imine (C=N–C) groups is 1. The molecule has 0 spiro atoms. The molecule has 0 aliphatic carbocycles. The van der Waals surface area contributed by atoms with Gasteiger partial charge in [-0.1, -0.05) is 62.1 Å². The first-order chi connectivity index (χ1) is 9.67. The molecule has 0 aliphatic heterocycles. The van der Waals surface area contributed by atoms with Gasteiger partial charge in [-0.05, 0) is 31.2 Å². The fourth-order valence-electron chi connectivity index (χ4n) is 1.69. The van der Waals surface area contributed by atoms with Crippen LogP contribution in [0.2, 0.25) is 0 Å². The van der Waals surface area contributed by atoms with Gasteiger partial charge in [0.25, 0.3) is 0 Å². The van der Waals surface area contributed by atoms with Gasteiger partial charge in [-0.3, -0.25) is 4.99 Å². The van der Waals surface area contributed by atoms with Gasteiger partial charge in [-0.25, -0.2) is 0 Å². The Kier molecular flexibility index (Phi) is 7.30.